The number of sulfonamides is 1. The first-order chi connectivity index (χ1) is 9.33. The van der Waals surface area contributed by atoms with E-state index in [1.165, 1.54) is 25.2 Å². The highest BCUT2D eigenvalue weighted by Gasteiger charge is 2.19. The third-order valence-electron chi connectivity index (χ3n) is 2.94. The van der Waals surface area contributed by atoms with E-state index in [9.17, 15) is 13.2 Å². The highest BCUT2D eigenvalue weighted by molar-refractivity contribution is 7.89. The van der Waals surface area contributed by atoms with Gasteiger partial charge >= 0.3 is 0 Å². The van der Waals surface area contributed by atoms with E-state index in [0.29, 0.717) is 6.54 Å². The highest BCUT2D eigenvalue weighted by Crippen LogP contribution is 2.21. The van der Waals surface area contributed by atoms with Gasteiger partial charge in [0, 0.05) is 13.6 Å². The van der Waals surface area contributed by atoms with Crippen LogP contribution in [-0.2, 0) is 10.0 Å². The summed E-state index contributed by atoms with van der Waals surface area (Å²) in [5.41, 5.74) is 0.196. The number of hydrogen-bond donors (Lipinski definition) is 1. The van der Waals surface area contributed by atoms with Crippen LogP contribution < -0.4 is 4.72 Å². The topological polar surface area (TPSA) is 66.5 Å². The Morgan fingerprint density at radius 1 is 1.40 bits per heavy atom. The smallest absolute Gasteiger partial charge is 0.255 e. The van der Waals surface area contributed by atoms with Crippen LogP contribution in [0.4, 0.5) is 0 Å². The molecule has 0 saturated heterocycles. The molecule has 0 aliphatic carbocycles. The van der Waals surface area contributed by atoms with Crippen molar-refractivity contribution in [2.45, 2.75) is 24.7 Å². The van der Waals surface area contributed by atoms with Gasteiger partial charge in [0.25, 0.3) is 5.91 Å². The van der Waals surface area contributed by atoms with Gasteiger partial charge in [0.1, 0.15) is 0 Å². The molecule has 1 amide bonds. The van der Waals surface area contributed by atoms with Gasteiger partial charge < -0.3 is 4.90 Å². The maximum absolute atomic E-state index is 12.3. The number of nitrogens with one attached hydrogen (secondary N) is 1. The Morgan fingerprint density at radius 2 is 2.05 bits per heavy atom. The zero-order valence-corrected chi connectivity index (χ0v) is 13.4. The average molecular weight is 319 g/mol. The van der Waals surface area contributed by atoms with Crippen LogP contribution >= 0.6 is 11.6 Å². The lowest BCUT2D eigenvalue weighted by Crippen LogP contribution is -2.28. The third kappa shape index (κ3) is 3.94. The molecule has 0 spiro atoms. The van der Waals surface area contributed by atoms with Gasteiger partial charge in [-0.1, -0.05) is 24.9 Å². The monoisotopic (exact) mass is 318 g/mol. The van der Waals surface area contributed by atoms with Crippen molar-refractivity contribution < 1.29 is 13.2 Å². The fraction of sp³-hybridized carbons (Fsp3) is 0.462. The van der Waals surface area contributed by atoms with Crippen LogP contribution in [0.15, 0.2) is 23.1 Å². The first kappa shape index (κ1) is 16.9. The summed E-state index contributed by atoms with van der Waals surface area (Å²) in [4.78, 5) is 13.8. The number of hydrogen-bond acceptors (Lipinski definition) is 3. The van der Waals surface area contributed by atoms with Crippen LogP contribution in [0.2, 0.25) is 5.02 Å². The zero-order valence-electron chi connectivity index (χ0n) is 11.8. The summed E-state index contributed by atoms with van der Waals surface area (Å²) in [5, 5.41) is 0.244. The van der Waals surface area contributed by atoms with Crippen molar-refractivity contribution in [3.63, 3.8) is 0 Å². The molecule has 0 aromatic heterocycles. The van der Waals surface area contributed by atoms with Crippen molar-refractivity contribution in [2.75, 3.05) is 20.6 Å². The molecule has 112 valence electrons. The van der Waals surface area contributed by atoms with E-state index in [1.54, 1.807) is 11.9 Å². The van der Waals surface area contributed by atoms with Crippen LogP contribution in [-0.4, -0.2) is 39.9 Å². The Hall–Kier alpha value is -1.11. The summed E-state index contributed by atoms with van der Waals surface area (Å²) < 4.78 is 25.7. The molecule has 0 aliphatic rings. The lowest BCUT2D eigenvalue weighted by molar-refractivity contribution is 0.0793. The fourth-order valence-corrected chi connectivity index (χ4v) is 2.61. The number of halogens is 1. The molecule has 0 heterocycles. The molecule has 0 aliphatic heterocycles. The van der Waals surface area contributed by atoms with Crippen molar-refractivity contribution in [1.82, 2.24) is 9.62 Å². The lowest BCUT2D eigenvalue weighted by atomic mass is 10.2. The summed E-state index contributed by atoms with van der Waals surface area (Å²) in [5.74, 6) is -0.281. The molecular weight excluding hydrogens is 300 g/mol. The van der Waals surface area contributed by atoms with Crippen LogP contribution in [0, 0.1) is 0 Å². The van der Waals surface area contributed by atoms with Gasteiger partial charge in [0.2, 0.25) is 10.0 Å². The van der Waals surface area contributed by atoms with E-state index in [1.807, 2.05) is 6.92 Å². The third-order valence-corrected chi connectivity index (χ3v) is 4.68. The van der Waals surface area contributed by atoms with Crippen molar-refractivity contribution in [1.29, 1.82) is 0 Å². The van der Waals surface area contributed by atoms with Crippen molar-refractivity contribution in [2.24, 2.45) is 0 Å². The summed E-state index contributed by atoms with van der Waals surface area (Å²) in [6, 6.07) is 4.10. The maximum Gasteiger partial charge on any atom is 0.255 e. The maximum atomic E-state index is 12.3. The second-order valence-corrected chi connectivity index (χ2v) is 6.72. The number of amides is 1. The predicted octanol–water partition coefficient (Wildman–Crippen LogP) is 2.12. The number of carbonyl (C=O) groups is 1. The normalized spacial score (nSPS) is 11.4. The minimum atomic E-state index is -3.59. The first-order valence-corrected chi connectivity index (χ1v) is 8.18. The van der Waals surface area contributed by atoms with Gasteiger partial charge in [-0.2, -0.15) is 0 Å². The summed E-state index contributed by atoms with van der Waals surface area (Å²) in [6.45, 7) is 2.64. The van der Waals surface area contributed by atoms with Crippen LogP contribution in [0.25, 0.3) is 0 Å². The molecule has 5 nitrogen and oxygen atoms in total. The summed E-state index contributed by atoms with van der Waals surface area (Å²) in [6.07, 6.45) is 1.86. The molecule has 0 atom stereocenters. The molecule has 0 fully saturated rings. The van der Waals surface area contributed by atoms with Crippen molar-refractivity contribution in [3.8, 4) is 0 Å². The molecule has 0 radical (unpaired) electrons. The van der Waals surface area contributed by atoms with E-state index in [4.69, 9.17) is 11.6 Å². The Bertz CT molecular complexity index is 587. The molecule has 0 bridgehead atoms. The van der Waals surface area contributed by atoms with Gasteiger partial charge in [-0.15, -0.1) is 0 Å². The molecule has 1 rings (SSSR count). The van der Waals surface area contributed by atoms with Gasteiger partial charge in [0.05, 0.1) is 15.5 Å². The quantitative estimate of drug-likeness (QED) is 0.873. The molecule has 7 heteroatoms. The molecule has 0 unspecified atom stereocenters. The number of rotatable bonds is 6. The average Bonchev–Trinajstić information content (AvgIpc) is 2.44. The SMILES string of the molecule is CCCCN(C)C(=O)c1cc(S(=O)(=O)NC)ccc1Cl. The highest BCUT2D eigenvalue weighted by atomic mass is 35.5. The number of nitrogens with zero attached hydrogens (tertiary/aromatic N) is 1. The molecule has 1 N–H and O–H groups in total. The lowest BCUT2D eigenvalue weighted by Gasteiger charge is -2.18. The largest absolute Gasteiger partial charge is 0.342 e. The van der Waals surface area contributed by atoms with Gasteiger partial charge in [-0.05, 0) is 31.7 Å². The van der Waals surface area contributed by atoms with E-state index in [2.05, 4.69) is 4.72 Å². The van der Waals surface area contributed by atoms with E-state index in [0.717, 1.165) is 12.8 Å². The van der Waals surface area contributed by atoms with E-state index >= 15 is 0 Å². The van der Waals surface area contributed by atoms with Crippen LogP contribution in [0.1, 0.15) is 30.1 Å². The van der Waals surface area contributed by atoms with E-state index in [-0.39, 0.29) is 21.4 Å². The molecule has 1 aromatic carbocycles. The van der Waals surface area contributed by atoms with Crippen molar-refractivity contribution in [3.05, 3.63) is 28.8 Å². The van der Waals surface area contributed by atoms with Gasteiger partial charge in [-0.25, -0.2) is 13.1 Å². The number of unbranched alkanes of at least 4 members (excludes halogenated alkanes) is 1. The van der Waals surface area contributed by atoms with Crippen LogP contribution in [0.5, 0.6) is 0 Å². The number of benzene rings is 1. The second kappa shape index (κ2) is 7.06. The van der Waals surface area contributed by atoms with Crippen molar-refractivity contribution >= 4 is 27.5 Å². The zero-order chi connectivity index (χ0) is 15.3. The summed E-state index contributed by atoms with van der Waals surface area (Å²) in [7, 11) is -0.601. The standard InChI is InChI=1S/C13H19ClN2O3S/c1-4-5-8-16(3)13(17)11-9-10(6-7-12(11)14)20(18,19)15-2/h6-7,9,15H,4-5,8H2,1-3H3. The number of carbonyl (C=O) groups excluding carboxylic acids is 1. The summed E-state index contributed by atoms with van der Waals surface area (Å²) >= 11 is 6.00. The van der Waals surface area contributed by atoms with Gasteiger partial charge in [0.15, 0.2) is 0 Å². The van der Waals surface area contributed by atoms with Crippen LogP contribution in [0.3, 0.4) is 0 Å². The van der Waals surface area contributed by atoms with Gasteiger partial charge in [-0.3, -0.25) is 4.79 Å². The second-order valence-electron chi connectivity index (χ2n) is 4.43. The fourth-order valence-electron chi connectivity index (χ4n) is 1.66. The molecule has 0 saturated carbocycles. The van der Waals surface area contributed by atoms with E-state index < -0.39 is 10.0 Å². The Balaban J connectivity index is 3.12. The minimum Gasteiger partial charge on any atom is -0.342 e. The Kier molecular flexibility index (Phi) is 5.98. The Morgan fingerprint density at radius 3 is 2.60 bits per heavy atom. The molecule has 20 heavy (non-hydrogen) atoms. The molecule has 1 aromatic rings. The first-order valence-electron chi connectivity index (χ1n) is 6.32. The molecular formula is C13H19ClN2O3S. The predicted molar refractivity (Wildman–Crippen MR) is 79.6 cm³/mol. The Labute approximate surface area is 125 Å². The minimum absolute atomic E-state index is 0.0247.